The largest absolute Gasteiger partial charge is 0.383 e. The van der Waals surface area contributed by atoms with E-state index in [9.17, 15) is 0 Å². The first-order valence-corrected chi connectivity index (χ1v) is 15.3. The molecule has 0 atom stereocenters. The molecule has 0 aromatic heterocycles. The Kier molecular flexibility index (Phi) is 9.97. The first-order valence-electron chi connectivity index (χ1n) is 7.98. The molecule has 21 heavy (non-hydrogen) atoms. The number of methoxy groups -OCH3 is 2. The van der Waals surface area contributed by atoms with Gasteiger partial charge in [-0.1, -0.05) is 50.6 Å². The summed E-state index contributed by atoms with van der Waals surface area (Å²) in [6.45, 7) is 19.3. The van der Waals surface area contributed by atoms with Crippen molar-refractivity contribution in [2.75, 3.05) is 47.1 Å². The monoisotopic (exact) mass is 331 g/mol. The van der Waals surface area contributed by atoms with Gasteiger partial charge in [0.15, 0.2) is 0 Å². The van der Waals surface area contributed by atoms with Gasteiger partial charge in [0.05, 0.1) is 21.3 Å². The van der Waals surface area contributed by atoms with Crippen LogP contribution in [-0.2, 0) is 9.47 Å². The van der Waals surface area contributed by atoms with E-state index in [-0.39, 0.29) is 0 Å². The molecule has 0 amide bonds. The number of rotatable bonds is 11. The molecule has 0 aromatic rings. The van der Waals surface area contributed by atoms with Gasteiger partial charge < -0.3 is 9.47 Å². The van der Waals surface area contributed by atoms with E-state index in [2.05, 4.69) is 49.9 Å². The lowest BCUT2D eigenvalue weighted by Gasteiger charge is -2.28. The molecule has 0 saturated heterocycles. The predicted molar refractivity (Wildman–Crippen MR) is 99.8 cm³/mol. The summed E-state index contributed by atoms with van der Waals surface area (Å²) in [5.41, 5.74) is 4.25. The maximum atomic E-state index is 5.25. The highest BCUT2D eigenvalue weighted by molar-refractivity contribution is 6.81. The normalized spacial score (nSPS) is 14.0. The van der Waals surface area contributed by atoms with Gasteiger partial charge in [-0.15, -0.1) is 0 Å². The number of nitrogens with zero attached hydrogens (tertiary/aromatic N) is 1. The third-order valence-electron chi connectivity index (χ3n) is 3.04. The minimum absolute atomic E-state index is 0.789. The fourth-order valence-electron chi connectivity index (χ4n) is 2.44. The van der Waals surface area contributed by atoms with Gasteiger partial charge >= 0.3 is 0 Å². The van der Waals surface area contributed by atoms with Gasteiger partial charge in [0.25, 0.3) is 0 Å². The molecule has 5 heteroatoms. The summed E-state index contributed by atoms with van der Waals surface area (Å²) in [5, 5.41) is 0. The second kappa shape index (κ2) is 9.95. The average Bonchev–Trinajstić information content (AvgIpc) is 2.28. The van der Waals surface area contributed by atoms with Crippen LogP contribution in [0.4, 0.5) is 0 Å². The highest BCUT2D eigenvalue weighted by atomic mass is 28.3. The molecule has 0 unspecified atom stereocenters. The summed E-state index contributed by atoms with van der Waals surface area (Å²) in [7, 11) is 1.28. The SMILES string of the molecule is COCCN(CCOC)C/C(=C/[Si](C)(C)C)C[Si](C)(C)C. The quantitative estimate of drug-likeness (QED) is 0.539. The van der Waals surface area contributed by atoms with Crippen LogP contribution in [0.3, 0.4) is 0 Å². The molecule has 0 aliphatic heterocycles. The van der Waals surface area contributed by atoms with Crippen molar-refractivity contribution in [3.8, 4) is 0 Å². The van der Waals surface area contributed by atoms with Crippen LogP contribution < -0.4 is 0 Å². The lowest BCUT2D eigenvalue weighted by molar-refractivity contribution is 0.119. The summed E-state index contributed by atoms with van der Waals surface area (Å²) >= 11 is 0. The molecule has 0 N–H and O–H groups in total. The summed E-state index contributed by atoms with van der Waals surface area (Å²) in [4.78, 5) is 2.47. The zero-order valence-corrected chi connectivity index (χ0v) is 17.6. The van der Waals surface area contributed by atoms with E-state index in [0.717, 1.165) is 32.8 Å². The lowest BCUT2D eigenvalue weighted by atomic mass is 10.3. The molecule has 0 bridgehead atoms. The molecule has 126 valence electrons. The fourth-order valence-corrected chi connectivity index (χ4v) is 5.64. The zero-order valence-electron chi connectivity index (χ0n) is 15.6. The van der Waals surface area contributed by atoms with Crippen LogP contribution in [0.5, 0.6) is 0 Å². The van der Waals surface area contributed by atoms with Gasteiger partial charge in [-0.2, -0.15) is 0 Å². The fraction of sp³-hybridized carbons (Fsp3) is 0.875. The summed E-state index contributed by atoms with van der Waals surface area (Å²) in [5.74, 6) is 0. The van der Waals surface area contributed by atoms with Crippen molar-refractivity contribution in [3.05, 3.63) is 11.3 Å². The van der Waals surface area contributed by atoms with Crippen molar-refractivity contribution in [3.63, 3.8) is 0 Å². The Bertz CT molecular complexity index is 298. The Hall–Kier alpha value is 0.0538. The second-order valence-corrected chi connectivity index (χ2v) is 18.7. The maximum absolute atomic E-state index is 5.25. The minimum Gasteiger partial charge on any atom is -0.383 e. The van der Waals surface area contributed by atoms with Gasteiger partial charge in [-0.05, 0) is 6.04 Å². The summed E-state index contributed by atoms with van der Waals surface area (Å²) in [6.07, 6.45) is 0. The van der Waals surface area contributed by atoms with Crippen LogP contribution in [0.25, 0.3) is 0 Å². The van der Waals surface area contributed by atoms with Crippen LogP contribution in [0, 0.1) is 0 Å². The van der Waals surface area contributed by atoms with E-state index in [1.807, 2.05) is 0 Å². The molecule has 0 radical (unpaired) electrons. The standard InChI is InChI=1S/C16H37NO2Si2/c1-18-11-9-17(10-12-19-2)13-16(14-20(3,4)5)15-21(6,7)8/h14H,9-13,15H2,1-8H3/b16-14-. The van der Waals surface area contributed by atoms with Crippen molar-refractivity contribution < 1.29 is 9.47 Å². The Morgan fingerprint density at radius 3 is 1.71 bits per heavy atom. The van der Waals surface area contributed by atoms with Crippen molar-refractivity contribution >= 4 is 16.1 Å². The zero-order chi connectivity index (χ0) is 16.5. The van der Waals surface area contributed by atoms with E-state index in [1.165, 1.54) is 6.04 Å². The smallest absolute Gasteiger partial charge is 0.0686 e. The van der Waals surface area contributed by atoms with Crippen molar-refractivity contribution in [1.29, 1.82) is 0 Å². The van der Waals surface area contributed by atoms with E-state index in [1.54, 1.807) is 19.8 Å². The molecule has 0 fully saturated rings. The van der Waals surface area contributed by atoms with Crippen LogP contribution >= 0.6 is 0 Å². The van der Waals surface area contributed by atoms with Gasteiger partial charge in [0, 0.05) is 41.9 Å². The molecule has 0 rings (SSSR count). The molecular weight excluding hydrogens is 294 g/mol. The Morgan fingerprint density at radius 1 is 0.905 bits per heavy atom. The van der Waals surface area contributed by atoms with E-state index < -0.39 is 16.1 Å². The van der Waals surface area contributed by atoms with Crippen molar-refractivity contribution in [2.24, 2.45) is 0 Å². The second-order valence-electron chi connectivity index (χ2n) is 8.17. The predicted octanol–water partition coefficient (Wildman–Crippen LogP) is 3.72. The van der Waals surface area contributed by atoms with Crippen molar-refractivity contribution in [2.45, 2.75) is 45.3 Å². The summed E-state index contributed by atoms with van der Waals surface area (Å²) in [6, 6.07) is 1.30. The molecule has 0 saturated carbocycles. The molecule has 0 aliphatic rings. The van der Waals surface area contributed by atoms with Crippen LogP contribution in [-0.4, -0.2) is 68.1 Å². The van der Waals surface area contributed by atoms with Gasteiger partial charge in [-0.3, -0.25) is 4.90 Å². The van der Waals surface area contributed by atoms with E-state index >= 15 is 0 Å². The Balaban J connectivity index is 4.90. The van der Waals surface area contributed by atoms with Gasteiger partial charge in [0.1, 0.15) is 0 Å². The Labute approximate surface area is 134 Å². The summed E-state index contributed by atoms with van der Waals surface area (Å²) < 4.78 is 10.5. The van der Waals surface area contributed by atoms with Crippen LogP contribution in [0.1, 0.15) is 0 Å². The van der Waals surface area contributed by atoms with E-state index in [0.29, 0.717) is 0 Å². The third-order valence-corrected chi connectivity index (χ3v) is 5.83. The molecule has 0 aromatic carbocycles. The van der Waals surface area contributed by atoms with Crippen LogP contribution in [0.15, 0.2) is 11.3 Å². The molecular formula is C16H37NO2Si2. The molecule has 3 nitrogen and oxygen atoms in total. The first-order chi connectivity index (χ1) is 9.57. The maximum Gasteiger partial charge on any atom is 0.0686 e. The average molecular weight is 332 g/mol. The third kappa shape index (κ3) is 13.4. The first kappa shape index (κ1) is 21.1. The van der Waals surface area contributed by atoms with Crippen molar-refractivity contribution in [1.82, 2.24) is 4.90 Å². The molecule has 0 heterocycles. The number of hydrogen-bond donors (Lipinski definition) is 0. The highest BCUT2D eigenvalue weighted by Gasteiger charge is 2.20. The topological polar surface area (TPSA) is 21.7 Å². The van der Waals surface area contributed by atoms with Crippen LogP contribution in [0.2, 0.25) is 45.3 Å². The van der Waals surface area contributed by atoms with E-state index in [4.69, 9.17) is 9.47 Å². The number of hydrogen-bond acceptors (Lipinski definition) is 3. The lowest BCUT2D eigenvalue weighted by Crippen LogP contribution is -2.35. The highest BCUT2D eigenvalue weighted by Crippen LogP contribution is 2.20. The Morgan fingerprint density at radius 2 is 1.38 bits per heavy atom. The number of ether oxygens (including phenoxy) is 2. The minimum atomic E-state index is -1.18. The van der Waals surface area contributed by atoms with Gasteiger partial charge in [0.2, 0.25) is 0 Å². The molecule has 0 spiro atoms. The van der Waals surface area contributed by atoms with Gasteiger partial charge in [-0.25, -0.2) is 0 Å². The molecule has 0 aliphatic carbocycles.